The van der Waals surface area contributed by atoms with Crippen molar-refractivity contribution in [3.8, 4) is 0 Å². The molecule has 1 unspecified atom stereocenters. The summed E-state index contributed by atoms with van der Waals surface area (Å²) >= 11 is 0. The number of nitrogens with zero attached hydrogens (tertiary/aromatic N) is 1. The first-order chi connectivity index (χ1) is 2.79. The van der Waals surface area contributed by atoms with Crippen molar-refractivity contribution in [2.75, 3.05) is 13.1 Å². The highest BCUT2D eigenvalue weighted by Gasteiger charge is 2.17. The van der Waals surface area contributed by atoms with E-state index in [4.69, 9.17) is 5.84 Å². The highest BCUT2D eigenvalue weighted by Crippen LogP contribution is 2.10. The average Bonchev–Trinajstić information content (AvgIpc) is 1.33. The largest absolute Gasteiger partial charge is 0.269 e. The van der Waals surface area contributed by atoms with E-state index >= 15 is 0 Å². The molecule has 0 aromatic heterocycles. The summed E-state index contributed by atoms with van der Waals surface area (Å²) in [5.41, 5.74) is 0.759. The van der Waals surface area contributed by atoms with Gasteiger partial charge in [0.1, 0.15) is 0 Å². The van der Waals surface area contributed by atoms with E-state index in [2.05, 4.69) is 9.24 Å². The van der Waals surface area contributed by atoms with Gasteiger partial charge in [-0.3, -0.25) is 5.84 Å². The fraction of sp³-hybridized carbons (Fsp3) is 1.00. The van der Waals surface area contributed by atoms with Crippen molar-refractivity contribution in [1.29, 1.82) is 0 Å². The van der Waals surface area contributed by atoms with Crippen molar-refractivity contribution < 1.29 is 0 Å². The van der Waals surface area contributed by atoms with Crippen molar-refractivity contribution >= 4 is 9.24 Å². The van der Waals surface area contributed by atoms with Gasteiger partial charge in [0, 0.05) is 18.7 Å². The summed E-state index contributed by atoms with van der Waals surface area (Å²) in [6, 6.07) is 0. The maximum Gasteiger partial charge on any atom is 0.0204 e. The Kier molecular flexibility index (Phi) is 1.09. The average molecular weight is 104 g/mol. The van der Waals surface area contributed by atoms with E-state index < -0.39 is 0 Å². The molecule has 0 amide bonds. The Morgan fingerprint density at radius 1 is 1.67 bits per heavy atom. The predicted molar refractivity (Wildman–Crippen MR) is 29.3 cm³/mol. The molecule has 1 rings (SSSR count). The molecule has 1 fully saturated rings. The zero-order chi connectivity index (χ0) is 4.57. The molecule has 0 aromatic rings. The molecule has 0 radical (unpaired) electrons. The zero-order valence-electron chi connectivity index (χ0n) is 3.59. The molecule has 3 heteroatoms. The maximum atomic E-state index is 5.29. The molecule has 0 saturated carbocycles. The molecule has 36 valence electrons. The molecule has 0 aromatic carbocycles. The molecule has 1 saturated heterocycles. The maximum absolute atomic E-state index is 5.29. The summed E-state index contributed by atoms with van der Waals surface area (Å²) in [5.74, 6) is 5.29. The molecule has 1 aliphatic rings. The number of hydrogen-bond donors (Lipinski definition) is 1. The van der Waals surface area contributed by atoms with Crippen molar-refractivity contribution in [3.05, 3.63) is 0 Å². The van der Waals surface area contributed by atoms with E-state index in [1.807, 2.05) is 0 Å². The van der Waals surface area contributed by atoms with Crippen molar-refractivity contribution in [1.82, 2.24) is 5.01 Å². The summed E-state index contributed by atoms with van der Waals surface area (Å²) in [5, 5.41) is 1.80. The van der Waals surface area contributed by atoms with E-state index in [9.17, 15) is 0 Å². The van der Waals surface area contributed by atoms with Crippen LogP contribution in [0.15, 0.2) is 0 Å². The Hall–Kier alpha value is 0.350. The smallest absolute Gasteiger partial charge is 0.0204 e. The van der Waals surface area contributed by atoms with E-state index in [1.54, 1.807) is 5.01 Å². The van der Waals surface area contributed by atoms with E-state index in [-0.39, 0.29) is 0 Å². The van der Waals surface area contributed by atoms with Gasteiger partial charge in [-0.25, -0.2) is 5.01 Å². The highest BCUT2D eigenvalue weighted by molar-refractivity contribution is 7.17. The topological polar surface area (TPSA) is 29.3 Å². The normalized spacial score (nSPS) is 27.0. The third kappa shape index (κ3) is 0.700. The van der Waals surface area contributed by atoms with Gasteiger partial charge in [-0.2, -0.15) is 0 Å². The van der Waals surface area contributed by atoms with Crippen LogP contribution in [0.1, 0.15) is 0 Å². The molecule has 0 aliphatic carbocycles. The molecule has 2 nitrogen and oxygen atoms in total. The summed E-state index contributed by atoms with van der Waals surface area (Å²) in [7, 11) is 2.72. The van der Waals surface area contributed by atoms with Crippen molar-refractivity contribution in [3.63, 3.8) is 0 Å². The quantitative estimate of drug-likeness (QED) is 0.329. The lowest BCUT2D eigenvalue weighted by Crippen LogP contribution is -2.51. The van der Waals surface area contributed by atoms with Crippen LogP contribution >= 0.6 is 9.24 Å². The molecule has 1 aliphatic heterocycles. The van der Waals surface area contributed by atoms with Gasteiger partial charge in [-0.1, -0.05) is 0 Å². The molecular formula is C3H9N2P. The van der Waals surface area contributed by atoms with E-state index in [0.717, 1.165) is 18.7 Å². The second-order valence-electron chi connectivity index (χ2n) is 1.71. The Morgan fingerprint density at radius 3 is 2.17 bits per heavy atom. The van der Waals surface area contributed by atoms with E-state index in [1.165, 1.54) is 0 Å². The summed E-state index contributed by atoms with van der Waals surface area (Å²) < 4.78 is 0. The van der Waals surface area contributed by atoms with Gasteiger partial charge >= 0.3 is 0 Å². The molecule has 1 atom stereocenters. The monoisotopic (exact) mass is 104 g/mol. The Morgan fingerprint density at radius 2 is 2.17 bits per heavy atom. The number of hydrogen-bond acceptors (Lipinski definition) is 2. The van der Waals surface area contributed by atoms with Crippen LogP contribution in [0.4, 0.5) is 0 Å². The van der Waals surface area contributed by atoms with Crippen LogP contribution in [0.3, 0.4) is 0 Å². The second kappa shape index (κ2) is 1.45. The summed E-state index contributed by atoms with van der Waals surface area (Å²) in [6.07, 6.45) is 0. The first-order valence-corrected chi connectivity index (χ1v) is 2.71. The van der Waals surface area contributed by atoms with Gasteiger partial charge in [0.25, 0.3) is 0 Å². The van der Waals surface area contributed by atoms with Crippen molar-refractivity contribution in [2.45, 2.75) is 5.66 Å². The van der Waals surface area contributed by atoms with Gasteiger partial charge in [0.2, 0.25) is 0 Å². The van der Waals surface area contributed by atoms with Crippen LogP contribution in [0.25, 0.3) is 0 Å². The van der Waals surface area contributed by atoms with Crippen LogP contribution in [-0.4, -0.2) is 23.8 Å². The van der Waals surface area contributed by atoms with Crippen LogP contribution in [-0.2, 0) is 0 Å². The summed E-state index contributed by atoms with van der Waals surface area (Å²) in [4.78, 5) is 0. The fourth-order valence-corrected chi connectivity index (χ4v) is 1.09. The zero-order valence-corrected chi connectivity index (χ0v) is 4.75. The minimum atomic E-state index is 0.759. The van der Waals surface area contributed by atoms with Gasteiger partial charge in [0.15, 0.2) is 0 Å². The molecule has 6 heavy (non-hydrogen) atoms. The van der Waals surface area contributed by atoms with Crippen LogP contribution in [0.5, 0.6) is 0 Å². The SMILES string of the molecule is NN1CC(P)C1. The number of hydrazine groups is 1. The van der Waals surface area contributed by atoms with Crippen LogP contribution in [0, 0.1) is 0 Å². The lowest BCUT2D eigenvalue weighted by atomic mass is 10.3. The first kappa shape index (κ1) is 4.51. The number of rotatable bonds is 0. The first-order valence-electron chi connectivity index (χ1n) is 2.04. The van der Waals surface area contributed by atoms with E-state index in [0.29, 0.717) is 0 Å². The molecule has 0 spiro atoms. The Bertz CT molecular complexity index is 44.8. The third-order valence-corrected chi connectivity index (χ3v) is 1.36. The minimum absolute atomic E-state index is 0.759. The molecule has 0 bridgehead atoms. The minimum Gasteiger partial charge on any atom is -0.269 e. The number of nitrogens with two attached hydrogens (primary N) is 1. The fourth-order valence-electron chi connectivity index (χ4n) is 0.549. The Balaban J connectivity index is 2.11. The third-order valence-electron chi connectivity index (χ3n) is 0.938. The predicted octanol–water partition coefficient (Wildman–Crippen LogP) is -0.581. The Labute approximate surface area is 39.9 Å². The lowest BCUT2D eigenvalue weighted by Gasteiger charge is -2.32. The van der Waals surface area contributed by atoms with Crippen LogP contribution < -0.4 is 5.84 Å². The standard InChI is InChI=1S/C3H9N2P/c4-5-1-3(6)2-5/h3H,1-2,4,6H2. The molecular weight excluding hydrogens is 95.0 g/mol. The lowest BCUT2D eigenvalue weighted by molar-refractivity contribution is 0.195. The molecule has 2 N–H and O–H groups in total. The van der Waals surface area contributed by atoms with Gasteiger partial charge in [-0.15, -0.1) is 9.24 Å². The highest BCUT2D eigenvalue weighted by atomic mass is 31.0. The van der Waals surface area contributed by atoms with Gasteiger partial charge < -0.3 is 0 Å². The summed E-state index contributed by atoms with van der Waals surface area (Å²) in [6.45, 7) is 2.09. The molecule has 1 heterocycles. The van der Waals surface area contributed by atoms with Crippen molar-refractivity contribution in [2.24, 2.45) is 5.84 Å². The van der Waals surface area contributed by atoms with Crippen LogP contribution in [0.2, 0.25) is 0 Å². The van der Waals surface area contributed by atoms with Gasteiger partial charge in [-0.05, 0) is 0 Å². The van der Waals surface area contributed by atoms with Gasteiger partial charge in [0.05, 0.1) is 0 Å². The second-order valence-corrected chi connectivity index (χ2v) is 2.66.